The number of benzene rings is 2. The van der Waals surface area contributed by atoms with E-state index in [1.54, 1.807) is 24.3 Å². The van der Waals surface area contributed by atoms with Crippen molar-refractivity contribution < 1.29 is 9.59 Å². The number of alkyl halides is 1. The van der Waals surface area contributed by atoms with Gasteiger partial charge in [-0.3, -0.25) is 9.69 Å². The Morgan fingerprint density at radius 2 is 1.73 bits per heavy atom. The molecule has 3 amide bonds. The third-order valence-corrected chi connectivity index (χ3v) is 4.43. The Kier molecular flexibility index (Phi) is 5.44. The first-order valence-corrected chi connectivity index (χ1v) is 8.76. The molecule has 2 aromatic carbocycles. The second kappa shape index (κ2) is 7.76. The Morgan fingerprint density at radius 1 is 1.08 bits per heavy atom. The van der Waals surface area contributed by atoms with Crippen LogP contribution in [0.4, 0.5) is 16.2 Å². The van der Waals surface area contributed by atoms with E-state index in [9.17, 15) is 9.59 Å². The van der Waals surface area contributed by atoms with E-state index >= 15 is 0 Å². The van der Waals surface area contributed by atoms with Crippen LogP contribution in [0.3, 0.4) is 0 Å². The number of nitrogens with zero attached hydrogens (tertiary/aromatic N) is 3. The maximum absolute atomic E-state index is 12.8. The van der Waals surface area contributed by atoms with Gasteiger partial charge >= 0.3 is 11.9 Å². The molecule has 0 aromatic heterocycles. The van der Waals surface area contributed by atoms with Gasteiger partial charge in [0.15, 0.2) is 0 Å². The molecular formula is C18H16Cl2N4O2. The highest BCUT2D eigenvalue weighted by Gasteiger charge is 2.42. The molecule has 26 heavy (non-hydrogen) atoms. The molecular weight excluding hydrogens is 375 g/mol. The predicted octanol–water partition coefficient (Wildman–Crippen LogP) is 3.81. The molecule has 2 aromatic rings. The fourth-order valence-electron chi connectivity index (χ4n) is 2.54. The van der Waals surface area contributed by atoms with E-state index in [1.165, 1.54) is 11.9 Å². The first kappa shape index (κ1) is 18.2. The molecule has 1 heterocycles. The summed E-state index contributed by atoms with van der Waals surface area (Å²) < 4.78 is 0. The Hall–Kier alpha value is -2.57. The molecule has 1 saturated heterocycles. The number of anilines is 2. The van der Waals surface area contributed by atoms with E-state index in [1.807, 2.05) is 30.3 Å². The Labute approximate surface area is 161 Å². The van der Waals surface area contributed by atoms with Gasteiger partial charge in [-0.1, -0.05) is 41.9 Å². The van der Waals surface area contributed by atoms with Crippen molar-refractivity contribution in [3.8, 4) is 0 Å². The smallest absolute Gasteiger partial charge is 0.337 e. The number of hydrogen-bond acceptors (Lipinski definition) is 4. The first-order valence-electron chi connectivity index (χ1n) is 7.85. The van der Waals surface area contributed by atoms with Crippen LogP contribution in [0.2, 0.25) is 5.02 Å². The van der Waals surface area contributed by atoms with Crippen molar-refractivity contribution in [2.45, 2.75) is 6.17 Å². The number of aliphatic imine (C=N–C) groups is 1. The van der Waals surface area contributed by atoms with Gasteiger partial charge in [0.1, 0.15) is 6.17 Å². The standard InChI is InChI=1S/C18H16Cl2N4O2/c1-23-16(22-15(11-19)21-12-7-3-2-4-8-12)17(25)24(18(23)26)14-10-6-5-9-13(14)20/h2-10,15,21H,11H2,1H3/b22-16+. The zero-order valence-electron chi connectivity index (χ0n) is 13.9. The summed E-state index contributed by atoms with van der Waals surface area (Å²) >= 11 is 12.1. The topological polar surface area (TPSA) is 65.0 Å². The van der Waals surface area contributed by atoms with Gasteiger partial charge < -0.3 is 5.32 Å². The van der Waals surface area contributed by atoms with Gasteiger partial charge in [0, 0.05) is 12.7 Å². The minimum atomic E-state index is -0.570. The maximum Gasteiger partial charge on any atom is 0.337 e. The monoisotopic (exact) mass is 390 g/mol. The van der Waals surface area contributed by atoms with E-state index in [4.69, 9.17) is 23.2 Å². The molecule has 134 valence electrons. The lowest BCUT2D eigenvalue weighted by atomic mass is 10.3. The summed E-state index contributed by atoms with van der Waals surface area (Å²) in [6, 6.07) is 15.5. The van der Waals surface area contributed by atoms with Gasteiger partial charge in [-0.05, 0) is 24.3 Å². The number of halogens is 2. The van der Waals surface area contributed by atoms with Crippen molar-refractivity contribution >= 4 is 52.4 Å². The van der Waals surface area contributed by atoms with E-state index in [0.29, 0.717) is 10.7 Å². The minimum absolute atomic E-state index is 0.00370. The molecule has 1 fully saturated rings. The van der Waals surface area contributed by atoms with Gasteiger partial charge in [0.25, 0.3) is 0 Å². The number of nitrogens with one attached hydrogen (secondary N) is 1. The average Bonchev–Trinajstić information content (AvgIpc) is 2.86. The van der Waals surface area contributed by atoms with Crippen molar-refractivity contribution in [1.29, 1.82) is 0 Å². The predicted molar refractivity (Wildman–Crippen MR) is 104 cm³/mol. The summed E-state index contributed by atoms with van der Waals surface area (Å²) in [6.45, 7) is 0. The molecule has 1 unspecified atom stereocenters. The van der Waals surface area contributed by atoms with Crippen molar-refractivity contribution in [2.24, 2.45) is 4.99 Å². The minimum Gasteiger partial charge on any atom is -0.363 e. The van der Waals surface area contributed by atoms with Crippen LogP contribution in [0.5, 0.6) is 0 Å². The summed E-state index contributed by atoms with van der Waals surface area (Å²) in [4.78, 5) is 31.9. The highest BCUT2D eigenvalue weighted by atomic mass is 35.5. The van der Waals surface area contributed by atoms with Crippen LogP contribution in [0, 0.1) is 0 Å². The number of hydrogen-bond donors (Lipinski definition) is 1. The molecule has 3 rings (SSSR count). The summed E-state index contributed by atoms with van der Waals surface area (Å²) in [6.07, 6.45) is -0.570. The number of carbonyl (C=O) groups is 2. The number of rotatable bonds is 5. The lowest BCUT2D eigenvalue weighted by Crippen LogP contribution is -2.31. The molecule has 0 spiro atoms. The highest BCUT2D eigenvalue weighted by Crippen LogP contribution is 2.29. The molecule has 0 aliphatic carbocycles. The Bertz CT molecular complexity index is 857. The Morgan fingerprint density at radius 3 is 2.38 bits per heavy atom. The third-order valence-electron chi connectivity index (χ3n) is 3.82. The maximum atomic E-state index is 12.8. The quantitative estimate of drug-likeness (QED) is 0.623. The lowest BCUT2D eigenvalue weighted by molar-refractivity contribution is -0.111. The van der Waals surface area contributed by atoms with Gasteiger partial charge in [0.2, 0.25) is 5.84 Å². The zero-order valence-corrected chi connectivity index (χ0v) is 15.4. The van der Waals surface area contributed by atoms with Crippen LogP contribution in [-0.4, -0.2) is 41.8 Å². The lowest BCUT2D eigenvalue weighted by Gasteiger charge is -2.15. The summed E-state index contributed by atoms with van der Waals surface area (Å²) in [7, 11) is 1.49. The summed E-state index contributed by atoms with van der Waals surface area (Å²) in [5.41, 5.74) is 1.13. The number of amides is 3. The molecule has 6 nitrogen and oxygen atoms in total. The largest absolute Gasteiger partial charge is 0.363 e. The molecule has 8 heteroatoms. The van der Waals surface area contributed by atoms with Gasteiger partial charge in [-0.15, -0.1) is 11.6 Å². The summed E-state index contributed by atoms with van der Waals surface area (Å²) in [5.74, 6) is -0.417. The summed E-state index contributed by atoms with van der Waals surface area (Å²) in [5, 5.41) is 3.43. The van der Waals surface area contributed by atoms with Crippen molar-refractivity contribution in [2.75, 3.05) is 23.1 Å². The van der Waals surface area contributed by atoms with Crippen molar-refractivity contribution in [3.63, 3.8) is 0 Å². The van der Waals surface area contributed by atoms with Crippen molar-refractivity contribution in [1.82, 2.24) is 4.90 Å². The molecule has 0 bridgehead atoms. The molecule has 1 N–H and O–H groups in total. The number of imide groups is 1. The van der Waals surface area contributed by atoms with Gasteiger partial charge in [-0.2, -0.15) is 0 Å². The Balaban J connectivity index is 1.89. The van der Waals surface area contributed by atoms with Gasteiger partial charge in [0.05, 0.1) is 16.6 Å². The van der Waals surface area contributed by atoms with Crippen molar-refractivity contribution in [3.05, 3.63) is 59.6 Å². The normalized spacial score (nSPS) is 17.1. The fourth-order valence-corrected chi connectivity index (χ4v) is 2.90. The van der Waals surface area contributed by atoms with E-state index in [-0.39, 0.29) is 11.7 Å². The SMILES string of the molecule is CN1C(=O)N(c2ccccc2Cl)C(=O)/C1=N\C(CCl)Nc1ccccc1. The second-order valence-corrected chi connectivity index (χ2v) is 6.28. The fraction of sp³-hybridized carbons (Fsp3) is 0.167. The van der Waals surface area contributed by atoms with Crippen LogP contribution in [-0.2, 0) is 4.79 Å². The van der Waals surface area contributed by atoms with Crippen LogP contribution < -0.4 is 10.2 Å². The zero-order chi connectivity index (χ0) is 18.7. The number of urea groups is 1. The number of carbonyl (C=O) groups excluding carboxylic acids is 2. The highest BCUT2D eigenvalue weighted by molar-refractivity contribution is 6.55. The molecule has 0 radical (unpaired) electrons. The number of amidine groups is 1. The van der Waals surface area contributed by atoms with Crippen LogP contribution in [0.15, 0.2) is 59.6 Å². The van der Waals surface area contributed by atoms with Gasteiger partial charge in [-0.25, -0.2) is 14.7 Å². The molecule has 1 aliphatic rings. The van der Waals surface area contributed by atoms with Crippen LogP contribution in [0.25, 0.3) is 0 Å². The van der Waals surface area contributed by atoms with E-state index in [2.05, 4.69) is 10.3 Å². The molecule has 1 atom stereocenters. The first-order chi connectivity index (χ1) is 12.5. The molecule has 1 aliphatic heterocycles. The number of para-hydroxylation sites is 2. The van der Waals surface area contributed by atoms with E-state index in [0.717, 1.165) is 10.6 Å². The van der Waals surface area contributed by atoms with Crippen LogP contribution >= 0.6 is 23.2 Å². The average molecular weight is 391 g/mol. The number of likely N-dealkylation sites (N-methyl/N-ethyl adjacent to an activating group) is 1. The second-order valence-electron chi connectivity index (χ2n) is 5.57. The molecule has 0 saturated carbocycles. The third kappa shape index (κ3) is 3.52. The van der Waals surface area contributed by atoms with Crippen LogP contribution in [0.1, 0.15) is 0 Å². The van der Waals surface area contributed by atoms with E-state index < -0.39 is 18.1 Å².